The number of nitrogens with zero attached hydrogens (tertiary/aromatic N) is 4. The molecule has 2 aromatic heterocycles. The van der Waals surface area contributed by atoms with Gasteiger partial charge in [0.2, 0.25) is 0 Å². The molecule has 4 amide bonds. The molecule has 194 valence electrons. The predicted octanol–water partition coefficient (Wildman–Crippen LogP) is 0.342. The van der Waals surface area contributed by atoms with E-state index in [-0.39, 0.29) is 55.2 Å². The molecule has 0 radical (unpaired) electrons. The van der Waals surface area contributed by atoms with Gasteiger partial charge in [-0.25, -0.2) is 9.13 Å². The van der Waals surface area contributed by atoms with Crippen molar-refractivity contribution in [3.05, 3.63) is 112 Å². The number of hydrogen-bond donors (Lipinski definition) is 0. The summed E-state index contributed by atoms with van der Waals surface area (Å²) < 4.78 is 1.64. The van der Waals surface area contributed by atoms with Crippen LogP contribution in [-0.2, 0) is 0 Å². The largest absolute Gasteiger partial charge is 0.277 e. The molecule has 5 aromatic rings. The number of hydrogen-bond acceptors (Lipinski definition) is 8. The molecule has 0 bridgehead atoms. The molecule has 0 fully saturated rings. The van der Waals surface area contributed by atoms with Gasteiger partial charge in [0.15, 0.2) is 0 Å². The highest BCUT2D eigenvalue weighted by atomic mass is 16.2. The second kappa shape index (κ2) is 7.41. The van der Waals surface area contributed by atoms with Crippen LogP contribution in [0.5, 0.6) is 0 Å². The first-order valence-electron chi connectivity index (χ1n) is 11.9. The molecule has 0 aliphatic carbocycles. The fourth-order valence-electron chi connectivity index (χ4n) is 5.42. The van der Waals surface area contributed by atoms with Crippen LogP contribution >= 0.6 is 0 Å². The smallest absolute Gasteiger partial charge is 0.266 e. The van der Waals surface area contributed by atoms with Crippen LogP contribution in [0.15, 0.2) is 67.7 Å². The number of carbonyl (C=O) groups excluding carboxylic acids is 4. The van der Waals surface area contributed by atoms with E-state index in [1.807, 2.05) is 0 Å². The summed E-state index contributed by atoms with van der Waals surface area (Å²) >= 11 is 0. The summed E-state index contributed by atoms with van der Waals surface area (Å²) in [7, 11) is 2.65. The van der Waals surface area contributed by atoms with E-state index in [2.05, 4.69) is 0 Å². The second-order valence-corrected chi connectivity index (χ2v) is 9.63. The van der Waals surface area contributed by atoms with E-state index in [4.69, 9.17) is 0 Å². The lowest BCUT2D eigenvalue weighted by atomic mass is 10.1. The lowest BCUT2D eigenvalue weighted by Crippen LogP contribution is -2.25. The molecule has 0 unspecified atom stereocenters. The molecule has 7 rings (SSSR count). The van der Waals surface area contributed by atoms with Crippen molar-refractivity contribution in [3.8, 4) is 11.4 Å². The van der Waals surface area contributed by atoms with E-state index < -0.39 is 45.9 Å². The van der Waals surface area contributed by atoms with Crippen LogP contribution in [0.1, 0.15) is 41.4 Å². The molecule has 0 saturated carbocycles. The molecule has 0 N–H and O–H groups in total. The Kier molecular flexibility index (Phi) is 4.32. The van der Waals surface area contributed by atoms with Gasteiger partial charge in [-0.1, -0.05) is 0 Å². The van der Waals surface area contributed by atoms with Crippen molar-refractivity contribution in [1.82, 2.24) is 18.9 Å². The Hall–Kier alpha value is -5.78. The van der Waals surface area contributed by atoms with Gasteiger partial charge >= 0.3 is 0 Å². The predicted molar refractivity (Wildman–Crippen MR) is 140 cm³/mol. The van der Waals surface area contributed by atoms with Gasteiger partial charge in [-0.05, 0) is 48.5 Å². The highest BCUT2D eigenvalue weighted by Gasteiger charge is 2.34. The first-order valence-corrected chi connectivity index (χ1v) is 11.9. The Morgan fingerprint density at radius 1 is 0.400 bits per heavy atom. The third-order valence-corrected chi connectivity index (χ3v) is 7.55. The van der Waals surface area contributed by atoms with Crippen LogP contribution in [0.3, 0.4) is 0 Å². The molecule has 12 heteroatoms. The third-order valence-electron chi connectivity index (χ3n) is 7.55. The maximum absolute atomic E-state index is 13.3. The van der Waals surface area contributed by atoms with E-state index in [1.165, 1.54) is 62.6 Å². The third kappa shape index (κ3) is 2.68. The molecular weight excluding hydrogens is 520 g/mol. The molecule has 2 aliphatic rings. The van der Waals surface area contributed by atoms with E-state index in [1.54, 1.807) is 0 Å². The molecule has 0 spiro atoms. The lowest BCUT2D eigenvalue weighted by Gasteiger charge is -2.03. The minimum Gasteiger partial charge on any atom is -0.277 e. The van der Waals surface area contributed by atoms with Crippen LogP contribution in [0.25, 0.3) is 32.9 Å². The van der Waals surface area contributed by atoms with Crippen molar-refractivity contribution in [2.45, 2.75) is 0 Å². The van der Waals surface area contributed by atoms with E-state index >= 15 is 0 Å². The molecule has 0 saturated heterocycles. The maximum Gasteiger partial charge on any atom is 0.266 e. The minimum absolute atomic E-state index is 0.0470. The Morgan fingerprint density at radius 2 is 0.700 bits per heavy atom. The van der Waals surface area contributed by atoms with Crippen molar-refractivity contribution in [1.29, 1.82) is 0 Å². The summed E-state index contributed by atoms with van der Waals surface area (Å²) in [6.45, 7) is 0. The minimum atomic E-state index is -0.767. The zero-order chi connectivity index (χ0) is 28.4. The van der Waals surface area contributed by atoms with Crippen molar-refractivity contribution >= 4 is 45.2 Å². The first kappa shape index (κ1) is 23.3. The number of amides is 4. The molecule has 12 nitrogen and oxygen atoms in total. The SMILES string of the molecule is CN1C(=O)c2ccc(-n3c(=O)c4cc5c(=O)n(-c6ccc7c(c6)C(=O)N(C)C7=O)c(=O)c5cc4c3=O)cc2C1=O. The number of imide groups is 2. The van der Waals surface area contributed by atoms with Gasteiger partial charge in [-0.3, -0.25) is 48.2 Å². The average molecular weight is 534 g/mol. The van der Waals surface area contributed by atoms with Crippen LogP contribution in [0, 0.1) is 0 Å². The zero-order valence-electron chi connectivity index (χ0n) is 20.7. The normalized spacial score (nSPS) is 14.8. The van der Waals surface area contributed by atoms with Gasteiger partial charge in [-0.2, -0.15) is 0 Å². The molecule has 4 heterocycles. The van der Waals surface area contributed by atoms with Gasteiger partial charge in [0, 0.05) is 14.1 Å². The van der Waals surface area contributed by atoms with Crippen LogP contribution in [-0.4, -0.2) is 56.7 Å². The van der Waals surface area contributed by atoms with Crippen molar-refractivity contribution < 1.29 is 19.2 Å². The van der Waals surface area contributed by atoms with Gasteiger partial charge in [0.25, 0.3) is 45.9 Å². The van der Waals surface area contributed by atoms with Crippen molar-refractivity contribution in [3.63, 3.8) is 0 Å². The van der Waals surface area contributed by atoms with Crippen LogP contribution < -0.4 is 22.2 Å². The fraction of sp³-hybridized carbons (Fsp3) is 0.0714. The lowest BCUT2D eigenvalue weighted by molar-refractivity contribution is 0.0678. The summed E-state index contributed by atoms with van der Waals surface area (Å²) in [6, 6.07) is 10.4. The molecule has 3 aromatic carbocycles. The molecule has 40 heavy (non-hydrogen) atoms. The highest BCUT2D eigenvalue weighted by molar-refractivity contribution is 6.22. The van der Waals surface area contributed by atoms with E-state index in [0.717, 1.165) is 18.9 Å². The number of carbonyl (C=O) groups is 4. The van der Waals surface area contributed by atoms with Gasteiger partial charge in [0.05, 0.1) is 55.2 Å². The number of benzene rings is 3. The standard InChI is InChI=1S/C28H14N4O8/c1-29-21(33)13-5-3-11(7-15(13)23(29)35)31-25(37)17-9-19-20(10-18(17)26(31)38)28(40)32(27(19)39)12-4-6-14-16(8-12)24(36)30(2)22(14)34/h3-10H,1-2H3. The summed E-state index contributed by atoms with van der Waals surface area (Å²) in [6.07, 6.45) is 0. The number of rotatable bonds is 2. The van der Waals surface area contributed by atoms with Gasteiger partial charge in [-0.15, -0.1) is 0 Å². The maximum atomic E-state index is 13.3. The fourth-order valence-corrected chi connectivity index (χ4v) is 5.42. The first-order chi connectivity index (χ1) is 19.0. The van der Waals surface area contributed by atoms with E-state index in [0.29, 0.717) is 0 Å². The molecular formula is C28H14N4O8. The number of fused-ring (bicyclic) bond motifs is 4. The Morgan fingerprint density at radius 3 is 1.02 bits per heavy atom. The molecule has 0 atom stereocenters. The van der Waals surface area contributed by atoms with Crippen molar-refractivity contribution in [2.24, 2.45) is 0 Å². The van der Waals surface area contributed by atoms with Crippen LogP contribution in [0.4, 0.5) is 0 Å². The second-order valence-electron chi connectivity index (χ2n) is 9.63. The molecule has 2 aliphatic heterocycles. The van der Waals surface area contributed by atoms with Gasteiger partial charge in [0.1, 0.15) is 0 Å². The zero-order valence-corrected chi connectivity index (χ0v) is 20.7. The Balaban J connectivity index is 1.42. The highest BCUT2D eigenvalue weighted by Crippen LogP contribution is 2.26. The van der Waals surface area contributed by atoms with Crippen molar-refractivity contribution in [2.75, 3.05) is 14.1 Å². The summed E-state index contributed by atoms with van der Waals surface area (Å²) in [5.74, 6) is -2.15. The topological polar surface area (TPSA) is 153 Å². The number of aromatic nitrogens is 2. The van der Waals surface area contributed by atoms with Gasteiger partial charge < -0.3 is 0 Å². The summed E-state index contributed by atoms with van der Waals surface area (Å²) in [5, 5.41) is -0.433. The van der Waals surface area contributed by atoms with E-state index in [9.17, 15) is 38.4 Å². The monoisotopic (exact) mass is 534 g/mol. The Bertz CT molecular complexity index is 2080. The Labute approximate surface area is 221 Å². The van der Waals surface area contributed by atoms with Crippen LogP contribution in [0.2, 0.25) is 0 Å². The summed E-state index contributed by atoms with van der Waals surface area (Å²) in [5.41, 5.74) is -2.57. The quantitative estimate of drug-likeness (QED) is 0.294. The average Bonchev–Trinajstić information content (AvgIpc) is 3.52. The summed E-state index contributed by atoms with van der Waals surface area (Å²) in [4.78, 5) is 104.